The van der Waals surface area contributed by atoms with E-state index in [0.29, 0.717) is 24.1 Å². The van der Waals surface area contributed by atoms with Crippen LogP contribution in [0.15, 0.2) is 36.5 Å². The highest BCUT2D eigenvalue weighted by Gasteiger charge is 2.62. The monoisotopic (exact) mass is 420 g/mol. The number of benzene rings is 1. The van der Waals surface area contributed by atoms with Gasteiger partial charge in [0.1, 0.15) is 5.82 Å². The molecule has 6 heteroatoms. The maximum absolute atomic E-state index is 14.6. The summed E-state index contributed by atoms with van der Waals surface area (Å²) in [5.74, 6) is 0.133. The van der Waals surface area contributed by atoms with Crippen molar-refractivity contribution in [2.75, 3.05) is 11.4 Å². The standard InChI is InChI=1S/C25H29FN4O/c1-23(2,31)25-12-19(13-25)29(15-25)22-11-18(10-21(26)28-22)30-20-9-17(24(3)7-4-8-24)6-5-16(20)14-27-30/h5-6,9-11,14,19,31H,4,7-8,12-13,15H2,1-3H3. The summed E-state index contributed by atoms with van der Waals surface area (Å²) in [6, 6.07) is 10.3. The van der Waals surface area contributed by atoms with E-state index < -0.39 is 11.5 Å². The third-order valence-electron chi connectivity index (χ3n) is 8.49. The smallest absolute Gasteiger partial charge is 0.216 e. The molecule has 5 nitrogen and oxygen atoms in total. The molecule has 0 amide bonds. The summed E-state index contributed by atoms with van der Waals surface area (Å²) < 4.78 is 16.5. The Morgan fingerprint density at radius 2 is 1.94 bits per heavy atom. The first-order valence-electron chi connectivity index (χ1n) is 11.3. The zero-order valence-corrected chi connectivity index (χ0v) is 18.4. The molecule has 4 heterocycles. The number of aromatic nitrogens is 3. The first kappa shape index (κ1) is 19.2. The predicted octanol–water partition coefficient (Wildman–Crippen LogP) is 4.74. The van der Waals surface area contributed by atoms with Gasteiger partial charge in [-0.3, -0.25) is 0 Å². The van der Waals surface area contributed by atoms with E-state index in [4.69, 9.17) is 0 Å². The molecular weight excluding hydrogens is 391 g/mol. The third-order valence-corrected chi connectivity index (χ3v) is 8.49. The molecule has 2 saturated carbocycles. The molecule has 1 aromatic carbocycles. The van der Waals surface area contributed by atoms with Gasteiger partial charge in [-0.15, -0.1) is 0 Å². The van der Waals surface area contributed by atoms with E-state index in [1.165, 1.54) is 30.9 Å². The van der Waals surface area contributed by atoms with E-state index in [0.717, 1.165) is 23.7 Å². The van der Waals surface area contributed by atoms with Crippen molar-refractivity contribution >= 4 is 16.7 Å². The normalized spacial score (nSPS) is 26.7. The molecule has 1 N–H and O–H groups in total. The summed E-state index contributed by atoms with van der Waals surface area (Å²) in [6.45, 7) is 6.79. The summed E-state index contributed by atoms with van der Waals surface area (Å²) in [6.07, 6.45) is 7.39. The lowest BCUT2D eigenvalue weighted by atomic mass is 9.61. The van der Waals surface area contributed by atoms with Gasteiger partial charge in [0, 0.05) is 35.5 Å². The number of pyridine rings is 1. The number of anilines is 1. The van der Waals surface area contributed by atoms with Gasteiger partial charge in [0.15, 0.2) is 0 Å². The van der Waals surface area contributed by atoms with Gasteiger partial charge in [0.25, 0.3) is 0 Å². The van der Waals surface area contributed by atoms with Gasteiger partial charge >= 0.3 is 0 Å². The van der Waals surface area contributed by atoms with Crippen LogP contribution in [-0.4, -0.2) is 38.1 Å². The fourth-order valence-electron chi connectivity index (χ4n) is 5.94. The molecule has 7 rings (SSSR count). The highest BCUT2D eigenvalue weighted by atomic mass is 19.1. The van der Waals surface area contributed by atoms with E-state index in [-0.39, 0.29) is 10.8 Å². The second-order valence-electron chi connectivity index (χ2n) is 10.8. The van der Waals surface area contributed by atoms with Crippen LogP contribution in [0.25, 0.3) is 16.6 Å². The topological polar surface area (TPSA) is 54.2 Å². The van der Waals surface area contributed by atoms with E-state index >= 15 is 0 Å². The molecule has 0 unspecified atom stereocenters. The molecule has 31 heavy (non-hydrogen) atoms. The summed E-state index contributed by atoms with van der Waals surface area (Å²) in [7, 11) is 0. The van der Waals surface area contributed by atoms with E-state index in [2.05, 4.69) is 40.1 Å². The average Bonchev–Trinajstić information content (AvgIpc) is 3.35. The Kier molecular flexibility index (Phi) is 3.76. The molecule has 0 atom stereocenters. The average molecular weight is 421 g/mol. The number of fused-ring (bicyclic) bond motifs is 2. The minimum Gasteiger partial charge on any atom is -0.390 e. The quantitative estimate of drug-likeness (QED) is 0.620. The van der Waals surface area contributed by atoms with Crippen LogP contribution in [0.3, 0.4) is 0 Å². The molecule has 0 spiro atoms. The largest absolute Gasteiger partial charge is 0.390 e. The van der Waals surface area contributed by atoms with E-state index in [1.54, 1.807) is 0 Å². The maximum Gasteiger partial charge on any atom is 0.216 e. The van der Waals surface area contributed by atoms with Crippen LogP contribution in [0.2, 0.25) is 0 Å². The molecule has 0 radical (unpaired) electrons. The zero-order chi connectivity index (χ0) is 21.6. The number of aliphatic hydroxyl groups is 1. The Labute approximate surface area is 181 Å². The lowest BCUT2D eigenvalue weighted by Gasteiger charge is -2.45. The summed E-state index contributed by atoms with van der Waals surface area (Å²) in [5, 5.41) is 16.3. The van der Waals surface area contributed by atoms with Crippen molar-refractivity contribution in [1.29, 1.82) is 0 Å². The van der Waals surface area contributed by atoms with Crippen LogP contribution in [0.4, 0.5) is 10.2 Å². The van der Waals surface area contributed by atoms with Crippen LogP contribution >= 0.6 is 0 Å². The number of hydrogen-bond donors (Lipinski definition) is 1. The molecule has 2 saturated heterocycles. The Balaban J connectivity index is 1.39. The van der Waals surface area contributed by atoms with Crippen molar-refractivity contribution < 1.29 is 9.50 Å². The van der Waals surface area contributed by atoms with Crippen molar-refractivity contribution in [3.63, 3.8) is 0 Å². The van der Waals surface area contributed by atoms with Crippen molar-refractivity contribution in [3.8, 4) is 5.69 Å². The lowest BCUT2D eigenvalue weighted by Crippen LogP contribution is -2.50. The van der Waals surface area contributed by atoms with Crippen molar-refractivity contribution in [1.82, 2.24) is 14.8 Å². The van der Waals surface area contributed by atoms with Gasteiger partial charge in [-0.25, -0.2) is 9.67 Å². The number of hydrogen-bond acceptors (Lipinski definition) is 4. The second kappa shape index (κ2) is 6.06. The summed E-state index contributed by atoms with van der Waals surface area (Å²) in [5.41, 5.74) is 2.38. The minimum atomic E-state index is -0.749. The number of rotatable bonds is 4. The second-order valence-corrected chi connectivity index (χ2v) is 10.8. The molecule has 2 aliphatic carbocycles. The van der Waals surface area contributed by atoms with E-state index in [1.807, 2.05) is 30.8 Å². The van der Waals surface area contributed by atoms with Gasteiger partial charge in [0.2, 0.25) is 5.95 Å². The molecule has 2 bridgehead atoms. The van der Waals surface area contributed by atoms with Gasteiger partial charge in [-0.1, -0.05) is 25.5 Å². The lowest BCUT2D eigenvalue weighted by molar-refractivity contribution is -0.0754. The molecule has 162 valence electrons. The van der Waals surface area contributed by atoms with Crippen LogP contribution < -0.4 is 4.90 Å². The summed E-state index contributed by atoms with van der Waals surface area (Å²) >= 11 is 0. The molecule has 4 fully saturated rings. The van der Waals surface area contributed by atoms with Crippen LogP contribution in [-0.2, 0) is 5.41 Å². The first-order chi connectivity index (χ1) is 14.7. The Morgan fingerprint density at radius 1 is 1.16 bits per heavy atom. The highest BCUT2D eigenvalue weighted by Crippen LogP contribution is 2.58. The molecule has 4 aliphatic rings. The van der Waals surface area contributed by atoms with Crippen molar-refractivity contribution in [3.05, 3.63) is 48.0 Å². The minimum absolute atomic E-state index is 0.128. The van der Waals surface area contributed by atoms with Gasteiger partial charge in [0.05, 0.1) is 23.0 Å². The number of nitrogens with zero attached hydrogens (tertiary/aromatic N) is 4. The van der Waals surface area contributed by atoms with Crippen molar-refractivity contribution in [2.45, 2.75) is 69.9 Å². The Hall–Kier alpha value is -2.47. The zero-order valence-electron chi connectivity index (χ0n) is 18.4. The Bertz CT molecular complexity index is 1180. The Morgan fingerprint density at radius 3 is 2.58 bits per heavy atom. The first-order valence-corrected chi connectivity index (χ1v) is 11.3. The highest BCUT2D eigenvalue weighted by molar-refractivity contribution is 5.81. The van der Waals surface area contributed by atoms with Gasteiger partial charge < -0.3 is 10.0 Å². The van der Waals surface area contributed by atoms with Crippen molar-refractivity contribution in [2.24, 2.45) is 5.41 Å². The molecule has 2 aromatic heterocycles. The van der Waals surface area contributed by atoms with Crippen LogP contribution in [0.5, 0.6) is 0 Å². The molecule has 2 aliphatic heterocycles. The third kappa shape index (κ3) is 2.70. The van der Waals surface area contributed by atoms with E-state index in [9.17, 15) is 9.50 Å². The summed E-state index contributed by atoms with van der Waals surface area (Å²) in [4.78, 5) is 6.38. The SMILES string of the molecule is CC1(c2ccc3cnn(-c4cc(F)nc(N5CC6(C(C)(C)O)CC5C6)c4)c3c2)CCC1. The fourth-order valence-corrected chi connectivity index (χ4v) is 5.94. The fraction of sp³-hybridized carbons (Fsp3) is 0.520. The molecular formula is C25H29FN4O. The number of halogens is 1. The van der Waals surface area contributed by atoms with Crippen LogP contribution in [0, 0.1) is 11.4 Å². The van der Waals surface area contributed by atoms with Gasteiger partial charge in [-0.2, -0.15) is 9.49 Å². The van der Waals surface area contributed by atoms with Crippen LogP contribution in [0.1, 0.15) is 58.4 Å². The molecule has 3 aromatic rings. The maximum atomic E-state index is 14.6. The predicted molar refractivity (Wildman–Crippen MR) is 119 cm³/mol. The van der Waals surface area contributed by atoms with Gasteiger partial charge in [-0.05, 0) is 56.6 Å².